The van der Waals surface area contributed by atoms with Crippen LogP contribution in [0.3, 0.4) is 0 Å². The molecule has 0 saturated heterocycles. The molecule has 1 aromatic heterocycles. The highest BCUT2D eigenvalue weighted by Gasteiger charge is 2.22. The van der Waals surface area contributed by atoms with Crippen LogP contribution in [0, 0.1) is 0 Å². The van der Waals surface area contributed by atoms with Crippen LogP contribution in [-0.2, 0) is 29.0 Å². The zero-order chi connectivity index (χ0) is 28.3. The maximum Gasteiger partial charge on any atom is 0.254 e. The summed E-state index contributed by atoms with van der Waals surface area (Å²) in [4.78, 5) is 47.0. The predicted molar refractivity (Wildman–Crippen MR) is 159 cm³/mol. The van der Waals surface area contributed by atoms with E-state index in [1.165, 1.54) is 21.8 Å². The number of nitrogens with one attached hydrogen (secondary N) is 1. The van der Waals surface area contributed by atoms with Crippen molar-refractivity contribution in [3.05, 3.63) is 119 Å². The molecule has 3 aromatic carbocycles. The van der Waals surface area contributed by atoms with Crippen LogP contribution in [0.25, 0.3) is 0 Å². The van der Waals surface area contributed by atoms with Crippen molar-refractivity contribution in [3.8, 4) is 0 Å². The molecule has 0 spiro atoms. The Morgan fingerprint density at radius 3 is 2.08 bits per heavy atom. The van der Waals surface area contributed by atoms with Gasteiger partial charge in [-0.25, -0.2) is 4.98 Å². The third-order valence-electron chi connectivity index (χ3n) is 6.43. The molecule has 40 heavy (non-hydrogen) atoms. The number of aromatic nitrogens is 1. The highest BCUT2D eigenvalue weighted by molar-refractivity contribution is 7.13. The SMILES string of the molecule is CC(C)N(CC(=O)Nc1nc(CC(=O)N(CCc2ccccc2)Cc2ccccc2)cs1)C(=O)c1ccccc1. The molecule has 1 heterocycles. The third-order valence-corrected chi connectivity index (χ3v) is 7.24. The van der Waals surface area contributed by atoms with Crippen molar-refractivity contribution in [1.29, 1.82) is 0 Å². The molecular formula is C32H34N4O3S. The molecule has 0 radical (unpaired) electrons. The Morgan fingerprint density at radius 2 is 1.45 bits per heavy atom. The molecule has 1 N–H and O–H groups in total. The van der Waals surface area contributed by atoms with E-state index in [4.69, 9.17) is 0 Å². The van der Waals surface area contributed by atoms with Gasteiger partial charge in [0, 0.05) is 30.1 Å². The van der Waals surface area contributed by atoms with Crippen molar-refractivity contribution in [1.82, 2.24) is 14.8 Å². The summed E-state index contributed by atoms with van der Waals surface area (Å²) in [6.07, 6.45) is 0.893. The Balaban J connectivity index is 1.37. The molecule has 0 atom stereocenters. The Labute approximate surface area is 239 Å². The molecule has 206 valence electrons. The molecule has 0 unspecified atom stereocenters. The molecule has 7 nitrogen and oxygen atoms in total. The van der Waals surface area contributed by atoms with Crippen LogP contribution < -0.4 is 5.32 Å². The van der Waals surface area contributed by atoms with E-state index in [9.17, 15) is 14.4 Å². The first-order valence-corrected chi connectivity index (χ1v) is 14.2. The molecule has 0 saturated carbocycles. The van der Waals surface area contributed by atoms with E-state index in [2.05, 4.69) is 22.4 Å². The average molecular weight is 555 g/mol. The number of anilines is 1. The van der Waals surface area contributed by atoms with E-state index < -0.39 is 0 Å². The zero-order valence-electron chi connectivity index (χ0n) is 22.8. The van der Waals surface area contributed by atoms with Crippen LogP contribution in [0.5, 0.6) is 0 Å². The van der Waals surface area contributed by atoms with E-state index in [1.807, 2.05) is 73.3 Å². The second kappa shape index (κ2) is 14.2. The van der Waals surface area contributed by atoms with Crippen molar-refractivity contribution in [2.75, 3.05) is 18.4 Å². The number of hydrogen-bond donors (Lipinski definition) is 1. The minimum absolute atomic E-state index is 0.0256. The lowest BCUT2D eigenvalue weighted by Crippen LogP contribution is -2.42. The first-order valence-electron chi connectivity index (χ1n) is 13.3. The molecule has 0 bridgehead atoms. The van der Waals surface area contributed by atoms with Crippen molar-refractivity contribution in [2.45, 2.75) is 39.3 Å². The summed E-state index contributed by atoms with van der Waals surface area (Å²) >= 11 is 1.27. The summed E-state index contributed by atoms with van der Waals surface area (Å²) in [6, 6.07) is 28.8. The number of hydrogen-bond acceptors (Lipinski definition) is 5. The average Bonchev–Trinajstić information content (AvgIpc) is 3.41. The third kappa shape index (κ3) is 8.35. The Hall–Kier alpha value is -4.30. The van der Waals surface area contributed by atoms with Crippen molar-refractivity contribution >= 4 is 34.2 Å². The van der Waals surface area contributed by atoms with Crippen LogP contribution in [0.4, 0.5) is 5.13 Å². The second-order valence-electron chi connectivity index (χ2n) is 9.80. The minimum Gasteiger partial charge on any atom is -0.338 e. The molecule has 0 aliphatic rings. The van der Waals surface area contributed by atoms with Crippen LogP contribution in [-0.4, -0.2) is 51.6 Å². The van der Waals surface area contributed by atoms with Gasteiger partial charge in [0.25, 0.3) is 5.91 Å². The Bertz CT molecular complexity index is 1390. The zero-order valence-corrected chi connectivity index (χ0v) is 23.6. The normalized spacial score (nSPS) is 10.8. The summed E-state index contributed by atoms with van der Waals surface area (Å²) in [5.41, 5.74) is 3.37. The summed E-state index contributed by atoms with van der Waals surface area (Å²) in [7, 11) is 0. The summed E-state index contributed by atoms with van der Waals surface area (Å²) in [5, 5.41) is 4.99. The van der Waals surface area contributed by atoms with Gasteiger partial charge in [0.2, 0.25) is 11.8 Å². The maximum absolute atomic E-state index is 13.4. The Morgan fingerprint density at radius 1 is 0.850 bits per heavy atom. The van der Waals surface area contributed by atoms with E-state index in [-0.39, 0.29) is 36.7 Å². The maximum atomic E-state index is 13.4. The standard InChI is InChI=1S/C32H34N4O3S/c1-24(2)36(31(39)27-16-10-5-11-17-27)22-29(37)34-32-33-28(23-40-32)20-30(38)35(21-26-14-8-4-9-15-26)19-18-25-12-6-3-7-13-25/h3-17,23-24H,18-22H2,1-2H3,(H,33,34,37). The number of nitrogens with zero attached hydrogens (tertiary/aromatic N) is 3. The van der Waals surface area contributed by atoms with Crippen LogP contribution >= 0.6 is 11.3 Å². The summed E-state index contributed by atoms with van der Waals surface area (Å²) < 4.78 is 0. The number of amides is 3. The van der Waals surface area contributed by atoms with Crippen LogP contribution in [0.1, 0.15) is 41.0 Å². The highest BCUT2D eigenvalue weighted by Crippen LogP contribution is 2.18. The second-order valence-corrected chi connectivity index (χ2v) is 10.7. The first kappa shape index (κ1) is 28.7. The van der Waals surface area contributed by atoms with Gasteiger partial charge < -0.3 is 15.1 Å². The summed E-state index contributed by atoms with van der Waals surface area (Å²) in [5.74, 6) is -0.564. The molecule has 0 aliphatic carbocycles. The van der Waals surface area contributed by atoms with Crippen LogP contribution in [0.15, 0.2) is 96.4 Å². The molecule has 8 heteroatoms. The first-order chi connectivity index (χ1) is 19.4. The van der Waals surface area contributed by atoms with Gasteiger partial charge in [-0.3, -0.25) is 14.4 Å². The fourth-order valence-electron chi connectivity index (χ4n) is 4.27. The lowest BCUT2D eigenvalue weighted by Gasteiger charge is -2.26. The Kier molecular flexibility index (Phi) is 10.2. The lowest BCUT2D eigenvalue weighted by molar-refractivity contribution is -0.131. The molecule has 3 amide bonds. The van der Waals surface area contributed by atoms with Crippen molar-refractivity contribution < 1.29 is 14.4 Å². The fraction of sp³-hybridized carbons (Fsp3) is 0.250. The molecule has 4 rings (SSSR count). The van der Waals surface area contributed by atoms with Crippen molar-refractivity contribution in [3.63, 3.8) is 0 Å². The lowest BCUT2D eigenvalue weighted by atomic mass is 10.1. The number of rotatable bonds is 12. The van der Waals surface area contributed by atoms with Gasteiger partial charge in [-0.2, -0.15) is 0 Å². The number of carbonyl (C=O) groups is 3. The van der Waals surface area contributed by atoms with Gasteiger partial charge in [-0.15, -0.1) is 11.3 Å². The number of benzene rings is 3. The van der Waals surface area contributed by atoms with E-state index >= 15 is 0 Å². The van der Waals surface area contributed by atoms with Gasteiger partial charge in [-0.05, 0) is 43.5 Å². The predicted octanol–water partition coefficient (Wildman–Crippen LogP) is 5.45. The highest BCUT2D eigenvalue weighted by atomic mass is 32.1. The van der Waals surface area contributed by atoms with E-state index in [1.54, 1.807) is 29.6 Å². The van der Waals surface area contributed by atoms with Gasteiger partial charge in [-0.1, -0.05) is 78.9 Å². The fourth-order valence-corrected chi connectivity index (χ4v) is 4.99. The molecule has 4 aromatic rings. The topological polar surface area (TPSA) is 82.6 Å². The van der Waals surface area contributed by atoms with Gasteiger partial charge >= 0.3 is 0 Å². The quantitative estimate of drug-likeness (QED) is 0.253. The number of carbonyl (C=O) groups excluding carboxylic acids is 3. The number of thiazole rings is 1. The molecule has 0 aliphatic heterocycles. The molecular weight excluding hydrogens is 520 g/mol. The minimum atomic E-state index is -0.334. The van der Waals surface area contributed by atoms with Crippen molar-refractivity contribution in [2.24, 2.45) is 0 Å². The van der Waals surface area contributed by atoms with Crippen LogP contribution in [0.2, 0.25) is 0 Å². The van der Waals surface area contributed by atoms with E-state index in [0.29, 0.717) is 29.5 Å². The summed E-state index contributed by atoms with van der Waals surface area (Å²) in [6.45, 7) is 4.76. The largest absolute Gasteiger partial charge is 0.338 e. The monoisotopic (exact) mass is 554 g/mol. The van der Waals surface area contributed by atoms with E-state index in [0.717, 1.165) is 12.0 Å². The van der Waals surface area contributed by atoms with Gasteiger partial charge in [0.05, 0.1) is 12.1 Å². The smallest absolute Gasteiger partial charge is 0.254 e. The van der Waals surface area contributed by atoms with Gasteiger partial charge in [0.15, 0.2) is 5.13 Å². The molecule has 0 fully saturated rings. The van der Waals surface area contributed by atoms with Gasteiger partial charge in [0.1, 0.15) is 6.54 Å².